The Balaban J connectivity index is 2.42. The van der Waals surface area contributed by atoms with Crippen molar-refractivity contribution < 1.29 is 9.90 Å². The SMILES string of the molecule is CCNc1c(C(=O)O)c(-c2ccccc2)nc2ccc(C)cc12. The van der Waals surface area contributed by atoms with E-state index in [9.17, 15) is 9.90 Å². The standard InChI is InChI=1S/C19H18N2O2/c1-3-20-18-14-11-12(2)9-10-15(14)21-17(16(18)19(22)23)13-7-5-4-6-8-13/h4-11H,3H2,1-2H3,(H,20,21)(H,22,23). The second-order valence-electron chi connectivity index (χ2n) is 5.43. The molecular weight excluding hydrogens is 288 g/mol. The van der Waals surface area contributed by atoms with Gasteiger partial charge in [-0.15, -0.1) is 0 Å². The number of carboxylic acid groups (broad SMARTS) is 1. The van der Waals surface area contributed by atoms with Crippen LogP contribution in [0.25, 0.3) is 22.2 Å². The summed E-state index contributed by atoms with van der Waals surface area (Å²) < 4.78 is 0. The van der Waals surface area contributed by atoms with E-state index in [1.54, 1.807) is 0 Å². The number of aryl methyl sites for hydroxylation is 1. The van der Waals surface area contributed by atoms with Crippen LogP contribution in [0.5, 0.6) is 0 Å². The molecule has 0 aliphatic rings. The molecule has 1 aromatic heterocycles. The molecule has 0 aliphatic carbocycles. The summed E-state index contributed by atoms with van der Waals surface area (Å²) >= 11 is 0. The molecular formula is C19H18N2O2. The Bertz CT molecular complexity index is 873. The number of carboxylic acids is 1. The summed E-state index contributed by atoms with van der Waals surface area (Å²) in [5, 5.41) is 13.8. The molecule has 2 aromatic carbocycles. The fraction of sp³-hybridized carbons (Fsp3) is 0.158. The van der Waals surface area contributed by atoms with Crippen molar-refractivity contribution in [2.24, 2.45) is 0 Å². The molecule has 0 spiro atoms. The van der Waals surface area contributed by atoms with E-state index in [0.717, 1.165) is 22.0 Å². The fourth-order valence-electron chi connectivity index (χ4n) is 2.75. The van der Waals surface area contributed by atoms with Crippen molar-refractivity contribution in [3.63, 3.8) is 0 Å². The van der Waals surface area contributed by atoms with Gasteiger partial charge in [0.1, 0.15) is 5.56 Å². The average Bonchev–Trinajstić information content (AvgIpc) is 2.55. The molecule has 4 heteroatoms. The topological polar surface area (TPSA) is 62.2 Å². The summed E-state index contributed by atoms with van der Waals surface area (Å²) in [5.41, 5.74) is 4.00. The number of pyridine rings is 1. The van der Waals surface area contributed by atoms with E-state index < -0.39 is 5.97 Å². The lowest BCUT2D eigenvalue weighted by atomic mass is 9.99. The van der Waals surface area contributed by atoms with Crippen molar-refractivity contribution in [3.05, 3.63) is 59.7 Å². The van der Waals surface area contributed by atoms with Crippen molar-refractivity contribution in [1.29, 1.82) is 0 Å². The highest BCUT2D eigenvalue weighted by Crippen LogP contribution is 2.34. The molecule has 0 atom stereocenters. The minimum Gasteiger partial charge on any atom is -0.478 e. The van der Waals surface area contributed by atoms with Gasteiger partial charge >= 0.3 is 5.97 Å². The second-order valence-corrected chi connectivity index (χ2v) is 5.43. The van der Waals surface area contributed by atoms with Crippen molar-refractivity contribution >= 4 is 22.6 Å². The van der Waals surface area contributed by atoms with E-state index in [1.807, 2.05) is 62.4 Å². The van der Waals surface area contributed by atoms with Gasteiger partial charge in [-0.3, -0.25) is 0 Å². The van der Waals surface area contributed by atoms with Crippen molar-refractivity contribution in [2.75, 3.05) is 11.9 Å². The van der Waals surface area contributed by atoms with Gasteiger partial charge in [-0.25, -0.2) is 9.78 Å². The number of rotatable bonds is 4. The van der Waals surface area contributed by atoms with E-state index in [2.05, 4.69) is 10.3 Å². The summed E-state index contributed by atoms with van der Waals surface area (Å²) in [4.78, 5) is 16.6. The lowest BCUT2D eigenvalue weighted by Gasteiger charge is -2.16. The van der Waals surface area contributed by atoms with Crippen LogP contribution in [0.15, 0.2) is 48.5 Å². The Hall–Kier alpha value is -2.88. The lowest BCUT2D eigenvalue weighted by Crippen LogP contribution is -2.10. The molecule has 0 bridgehead atoms. The van der Waals surface area contributed by atoms with Crippen LogP contribution >= 0.6 is 0 Å². The molecule has 0 fully saturated rings. The van der Waals surface area contributed by atoms with Gasteiger partial charge in [0, 0.05) is 17.5 Å². The van der Waals surface area contributed by atoms with Crippen LogP contribution in [0, 0.1) is 6.92 Å². The molecule has 4 nitrogen and oxygen atoms in total. The molecule has 23 heavy (non-hydrogen) atoms. The summed E-state index contributed by atoms with van der Waals surface area (Å²) in [5.74, 6) is -0.976. The number of nitrogens with one attached hydrogen (secondary N) is 1. The van der Waals surface area contributed by atoms with Crippen LogP contribution in [-0.2, 0) is 0 Å². The third-order valence-corrected chi connectivity index (χ3v) is 3.76. The molecule has 2 N–H and O–H groups in total. The third-order valence-electron chi connectivity index (χ3n) is 3.76. The Morgan fingerprint density at radius 3 is 2.57 bits per heavy atom. The monoisotopic (exact) mass is 306 g/mol. The normalized spacial score (nSPS) is 10.7. The zero-order chi connectivity index (χ0) is 16.4. The summed E-state index contributed by atoms with van der Waals surface area (Å²) in [7, 11) is 0. The second kappa shape index (κ2) is 6.08. The number of anilines is 1. The van der Waals surface area contributed by atoms with Crippen molar-refractivity contribution in [3.8, 4) is 11.3 Å². The smallest absolute Gasteiger partial charge is 0.340 e. The number of benzene rings is 2. The van der Waals surface area contributed by atoms with Crippen LogP contribution in [0.2, 0.25) is 0 Å². The third kappa shape index (κ3) is 2.75. The van der Waals surface area contributed by atoms with Gasteiger partial charge in [0.25, 0.3) is 0 Å². The highest BCUT2D eigenvalue weighted by molar-refractivity contribution is 6.09. The number of aromatic carboxylic acids is 1. The minimum atomic E-state index is -0.976. The molecule has 3 rings (SSSR count). The molecule has 3 aromatic rings. The van der Waals surface area contributed by atoms with Gasteiger partial charge in [-0.1, -0.05) is 42.0 Å². The van der Waals surface area contributed by atoms with E-state index in [-0.39, 0.29) is 5.56 Å². The highest BCUT2D eigenvalue weighted by atomic mass is 16.4. The van der Waals surface area contributed by atoms with Gasteiger partial charge in [0.05, 0.1) is 16.9 Å². The molecule has 0 unspecified atom stereocenters. The lowest BCUT2D eigenvalue weighted by molar-refractivity contribution is 0.0698. The molecule has 0 radical (unpaired) electrons. The van der Waals surface area contributed by atoms with Gasteiger partial charge < -0.3 is 10.4 Å². The molecule has 0 aliphatic heterocycles. The first-order valence-corrected chi connectivity index (χ1v) is 7.58. The van der Waals surface area contributed by atoms with Crippen molar-refractivity contribution in [2.45, 2.75) is 13.8 Å². The van der Waals surface area contributed by atoms with Crippen LogP contribution in [0.3, 0.4) is 0 Å². The van der Waals surface area contributed by atoms with Crippen molar-refractivity contribution in [1.82, 2.24) is 4.98 Å². The Labute approximate surface area is 134 Å². The van der Waals surface area contributed by atoms with Crippen LogP contribution in [-0.4, -0.2) is 22.6 Å². The maximum absolute atomic E-state index is 11.9. The summed E-state index contributed by atoms with van der Waals surface area (Å²) in [6.45, 7) is 4.58. The number of fused-ring (bicyclic) bond motifs is 1. The Kier molecular flexibility index (Phi) is 3.98. The van der Waals surface area contributed by atoms with E-state index in [4.69, 9.17) is 0 Å². The quantitative estimate of drug-likeness (QED) is 0.752. The predicted molar refractivity (Wildman–Crippen MR) is 93.0 cm³/mol. The Morgan fingerprint density at radius 1 is 1.17 bits per heavy atom. The first-order chi connectivity index (χ1) is 11.1. The first-order valence-electron chi connectivity index (χ1n) is 7.58. The number of aromatic nitrogens is 1. The van der Waals surface area contributed by atoms with Gasteiger partial charge in [-0.05, 0) is 26.0 Å². The zero-order valence-corrected chi connectivity index (χ0v) is 13.1. The molecule has 1 heterocycles. The largest absolute Gasteiger partial charge is 0.478 e. The van der Waals surface area contributed by atoms with Crippen LogP contribution in [0.1, 0.15) is 22.8 Å². The fourth-order valence-corrected chi connectivity index (χ4v) is 2.75. The number of hydrogen-bond acceptors (Lipinski definition) is 3. The van der Waals surface area contributed by atoms with Crippen LogP contribution in [0.4, 0.5) is 5.69 Å². The highest BCUT2D eigenvalue weighted by Gasteiger charge is 2.21. The predicted octanol–water partition coefficient (Wildman–Crippen LogP) is 4.34. The van der Waals surface area contributed by atoms with Gasteiger partial charge in [-0.2, -0.15) is 0 Å². The Morgan fingerprint density at radius 2 is 1.91 bits per heavy atom. The minimum absolute atomic E-state index is 0.219. The first kappa shape index (κ1) is 15.0. The summed E-state index contributed by atoms with van der Waals surface area (Å²) in [6, 6.07) is 15.3. The van der Waals surface area contributed by atoms with E-state index >= 15 is 0 Å². The van der Waals surface area contributed by atoms with Gasteiger partial charge in [0.15, 0.2) is 0 Å². The number of carbonyl (C=O) groups is 1. The molecule has 0 amide bonds. The molecule has 0 saturated carbocycles. The maximum atomic E-state index is 11.9. The summed E-state index contributed by atoms with van der Waals surface area (Å²) in [6.07, 6.45) is 0. The van der Waals surface area contributed by atoms with Gasteiger partial charge in [0.2, 0.25) is 0 Å². The maximum Gasteiger partial charge on any atom is 0.340 e. The number of hydrogen-bond donors (Lipinski definition) is 2. The average molecular weight is 306 g/mol. The van der Waals surface area contributed by atoms with E-state index in [0.29, 0.717) is 17.9 Å². The van der Waals surface area contributed by atoms with Crippen LogP contribution < -0.4 is 5.32 Å². The molecule has 116 valence electrons. The number of nitrogens with zero attached hydrogens (tertiary/aromatic N) is 1. The zero-order valence-electron chi connectivity index (χ0n) is 13.1. The molecule has 0 saturated heterocycles. The van der Waals surface area contributed by atoms with E-state index in [1.165, 1.54) is 0 Å².